The van der Waals surface area contributed by atoms with Crippen LogP contribution in [-0.4, -0.2) is 18.0 Å². The van der Waals surface area contributed by atoms with E-state index in [1.807, 2.05) is 32.0 Å². The quantitative estimate of drug-likeness (QED) is 0.811. The molecule has 2 heterocycles. The molecule has 1 aliphatic rings. The number of ketones is 1. The number of rotatable bonds is 3. The lowest BCUT2D eigenvalue weighted by Gasteiger charge is -2.27. The first-order chi connectivity index (χ1) is 11.5. The van der Waals surface area contributed by atoms with Crippen LogP contribution in [0.25, 0.3) is 11.0 Å². The zero-order valence-electron chi connectivity index (χ0n) is 13.5. The highest BCUT2D eigenvalue weighted by Gasteiger charge is 2.29. The van der Waals surface area contributed by atoms with Crippen molar-refractivity contribution < 1.29 is 13.9 Å². The van der Waals surface area contributed by atoms with Crippen LogP contribution in [0.5, 0.6) is 0 Å². The van der Waals surface area contributed by atoms with E-state index in [1.54, 1.807) is 18.2 Å². The van der Waals surface area contributed by atoms with Gasteiger partial charge in [-0.3, -0.25) is 4.79 Å². The summed E-state index contributed by atoms with van der Waals surface area (Å²) in [5.41, 5.74) is 0.370. The molecule has 2 atom stereocenters. The largest absolute Gasteiger partial charge is 0.422 e. The molecular formula is C19H17NO4. The van der Waals surface area contributed by atoms with Crippen molar-refractivity contribution >= 4 is 16.8 Å². The number of nitrogens with zero attached hydrogens (tertiary/aromatic N) is 1. The number of nitriles is 1. The van der Waals surface area contributed by atoms with Gasteiger partial charge in [0, 0.05) is 11.8 Å². The van der Waals surface area contributed by atoms with Crippen molar-refractivity contribution in [1.82, 2.24) is 0 Å². The number of para-hydroxylation sites is 1. The van der Waals surface area contributed by atoms with Gasteiger partial charge in [-0.1, -0.05) is 38.1 Å². The summed E-state index contributed by atoms with van der Waals surface area (Å²) in [6.45, 7) is 3.85. The Kier molecular flexibility index (Phi) is 4.32. The molecule has 0 bridgehead atoms. The van der Waals surface area contributed by atoms with Gasteiger partial charge in [0.25, 0.3) is 0 Å². The van der Waals surface area contributed by atoms with Crippen molar-refractivity contribution in [1.29, 1.82) is 5.26 Å². The lowest BCUT2D eigenvalue weighted by molar-refractivity contribution is -0.133. The van der Waals surface area contributed by atoms with E-state index in [0.29, 0.717) is 23.0 Å². The molecule has 0 saturated heterocycles. The number of carbonyl (C=O) groups excluding carboxylic acids is 1. The van der Waals surface area contributed by atoms with Gasteiger partial charge in [0.15, 0.2) is 5.78 Å². The number of ether oxygens (including phenoxy) is 1. The summed E-state index contributed by atoms with van der Waals surface area (Å²) in [5.74, 6) is -0.00263. The summed E-state index contributed by atoms with van der Waals surface area (Å²) in [7, 11) is 0. The molecule has 2 unspecified atom stereocenters. The molecule has 1 aromatic carbocycles. The monoisotopic (exact) mass is 323 g/mol. The second-order valence-corrected chi connectivity index (χ2v) is 6.16. The third-order valence-corrected chi connectivity index (χ3v) is 4.12. The summed E-state index contributed by atoms with van der Waals surface area (Å²) in [5, 5.41) is 10.1. The maximum absolute atomic E-state index is 12.0. The first-order valence-corrected chi connectivity index (χ1v) is 7.83. The maximum Gasteiger partial charge on any atom is 0.354 e. The molecule has 5 nitrogen and oxygen atoms in total. The van der Waals surface area contributed by atoms with E-state index >= 15 is 0 Å². The molecule has 0 amide bonds. The van der Waals surface area contributed by atoms with E-state index in [4.69, 9.17) is 9.15 Å². The van der Waals surface area contributed by atoms with Crippen molar-refractivity contribution in [3.8, 4) is 6.07 Å². The van der Waals surface area contributed by atoms with Gasteiger partial charge in [0.05, 0.1) is 6.10 Å². The lowest BCUT2D eigenvalue weighted by Crippen LogP contribution is -2.36. The summed E-state index contributed by atoms with van der Waals surface area (Å²) in [4.78, 5) is 23.9. The predicted molar refractivity (Wildman–Crippen MR) is 88.5 cm³/mol. The minimum Gasteiger partial charge on any atom is -0.422 e. The smallest absolute Gasteiger partial charge is 0.354 e. The van der Waals surface area contributed by atoms with Crippen LogP contribution in [0, 0.1) is 17.2 Å². The summed E-state index contributed by atoms with van der Waals surface area (Å²) < 4.78 is 11.1. The highest BCUT2D eigenvalue weighted by atomic mass is 16.5. The number of hydrogen-bond acceptors (Lipinski definition) is 5. The van der Waals surface area contributed by atoms with Gasteiger partial charge in [-0.05, 0) is 23.6 Å². The van der Waals surface area contributed by atoms with Crippen LogP contribution in [0.15, 0.2) is 45.6 Å². The number of benzene rings is 1. The number of fused-ring (bicyclic) bond motifs is 1. The van der Waals surface area contributed by atoms with Gasteiger partial charge >= 0.3 is 5.63 Å². The summed E-state index contributed by atoms with van der Waals surface area (Å²) in [6, 6.07) is 9.03. The Hall–Kier alpha value is -2.71. The molecule has 0 spiro atoms. The van der Waals surface area contributed by atoms with Crippen LogP contribution < -0.4 is 5.63 Å². The molecular weight excluding hydrogens is 306 g/mol. The highest BCUT2D eigenvalue weighted by Crippen LogP contribution is 2.25. The molecule has 0 aliphatic carbocycles. The Morgan fingerprint density at radius 1 is 1.25 bits per heavy atom. The van der Waals surface area contributed by atoms with E-state index in [9.17, 15) is 14.9 Å². The van der Waals surface area contributed by atoms with Crippen LogP contribution >= 0.6 is 0 Å². The van der Waals surface area contributed by atoms with Crippen molar-refractivity contribution in [3.63, 3.8) is 0 Å². The standard InChI is InChI=1S/C19H17NO4/c1-11(2)18-16(21)8-7-12(23-18)9-14-13-5-3-4-6-17(13)24-19(22)15(14)10-20/h3-8,11-12,18H,9H2,1-2H3. The fourth-order valence-electron chi connectivity index (χ4n) is 2.94. The lowest BCUT2D eigenvalue weighted by atomic mass is 9.95. The van der Waals surface area contributed by atoms with Gasteiger partial charge in [-0.2, -0.15) is 5.26 Å². The van der Waals surface area contributed by atoms with Crippen molar-refractivity contribution in [2.75, 3.05) is 0 Å². The molecule has 2 aromatic rings. The Balaban J connectivity index is 2.04. The van der Waals surface area contributed by atoms with Gasteiger partial charge < -0.3 is 9.15 Å². The molecule has 5 heteroatoms. The highest BCUT2D eigenvalue weighted by molar-refractivity contribution is 5.94. The van der Waals surface area contributed by atoms with Gasteiger partial charge in [0.1, 0.15) is 23.3 Å². The second-order valence-electron chi connectivity index (χ2n) is 6.16. The predicted octanol–water partition coefficient (Wildman–Crippen LogP) is 2.76. The molecule has 1 aromatic heterocycles. The number of hydrogen-bond donors (Lipinski definition) is 0. The maximum atomic E-state index is 12.0. The minimum atomic E-state index is -0.650. The van der Waals surface area contributed by atoms with Crippen molar-refractivity contribution in [2.24, 2.45) is 5.92 Å². The molecule has 0 fully saturated rings. The van der Waals surface area contributed by atoms with Crippen LogP contribution in [0.2, 0.25) is 0 Å². The number of carbonyl (C=O) groups is 1. The van der Waals surface area contributed by atoms with Crippen LogP contribution in [-0.2, 0) is 16.0 Å². The second kappa shape index (κ2) is 6.42. The average molecular weight is 323 g/mol. The molecule has 0 N–H and O–H groups in total. The van der Waals surface area contributed by atoms with Gasteiger partial charge in [-0.15, -0.1) is 0 Å². The fraction of sp³-hybridized carbons (Fsp3) is 0.316. The van der Waals surface area contributed by atoms with E-state index in [0.717, 1.165) is 0 Å². The zero-order valence-corrected chi connectivity index (χ0v) is 13.5. The summed E-state index contributed by atoms with van der Waals surface area (Å²) >= 11 is 0. The van der Waals surface area contributed by atoms with Gasteiger partial charge in [0.2, 0.25) is 0 Å². The minimum absolute atomic E-state index is 0.0105. The molecule has 3 rings (SSSR count). The average Bonchev–Trinajstić information content (AvgIpc) is 2.56. The van der Waals surface area contributed by atoms with E-state index in [-0.39, 0.29) is 23.4 Å². The Bertz CT molecular complexity index is 917. The molecule has 0 radical (unpaired) electrons. The SMILES string of the molecule is CC(C)C1OC(Cc2c(C#N)c(=O)oc3ccccc23)C=CC1=O. The van der Waals surface area contributed by atoms with Gasteiger partial charge in [-0.25, -0.2) is 4.79 Å². The third kappa shape index (κ3) is 2.89. The molecule has 1 aliphatic heterocycles. The Labute approximate surface area is 139 Å². The van der Waals surface area contributed by atoms with E-state index in [1.165, 1.54) is 6.08 Å². The van der Waals surface area contributed by atoms with Crippen LogP contribution in [0.1, 0.15) is 25.0 Å². The first-order valence-electron chi connectivity index (χ1n) is 7.83. The van der Waals surface area contributed by atoms with E-state index in [2.05, 4.69) is 0 Å². The fourth-order valence-corrected chi connectivity index (χ4v) is 2.94. The molecule has 0 saturated carbocycles. The zero-order chi connectivity index (χ0) is 17.3. The Morgan fingerprint density at radius 2 is 2.00 bits per heavy atom. The summed E-state index contributed by atoms with van der Waals surface area (Å²) in [6.07, 6.45) is 2.68. The van der Waals surface area contributed by atoms with Crippen molar-refractivity contribution in [3.05, 3.63) is 58.0 Å². The molecule has 24 heavy (non-hydrogen) atoms. The van der Waals surface area contributed by atoms with Crippen LogP contribution in [0.3, 0.4) is 0 Å². The van der Waals surface area contributed by atoms with E-state index < -0.39 is 11.7 Å². The Morgan fingerprint density at radius 3 is 2.71 bits per heavy atom. The normalized spacial score (nSPS) is 20.5. The first kappa shape index (κ1) is 16.2. The topological polar surface area (TPSA) is 80.3 Å². The van der Waals surface area contributed by atoms with Crippen molar-refractivity contribution in [2.45, 2.75) is 32.5 Å². The third-order valence-electron chi connectivity index (χ3n) is 4.12. The van der Waals surface area contributed by atoms with Crippen LogP contribution in [0.4, 0.5) is 0 Å². The molecule has 122 valence electrons.